The first kappa shape index (κ1) is 24.1. The molecule has 8 heteroatoms. The van der Waals surface area contributed by atoms with Crippen molar-refractivity contribution in [3.05, 3.63) is 60.2 Å². The molecule has 2 saturated heterocycles. The number of amides is 2. The molecule has 0 aromatic heterocycles. The monoisotopic (exact) mass is 496 g/mol. The molecule has 4 aliphatic rings. The Hall–Kier alpha value is -2.58. The molecule has 1 spiro atoms. The van der Waals surface area contributed by atoms with Crippen LogP contribution in [0.1, 0.15) is 31.7 Å². The van der Waals surface area contributed by atoms with Crippen molar-refractivity contribution in [2.45, 2.75) is 54.8 Å². The third-order valence-electron chi connectivity index (χ3n) is 7.58. The van der Waals surface area contributed by atoms with Gasteiger partial charge in [0.1, 0.15) is 6.04 Å². The predicted molar refractivity (Wildman–Crippen MR) is 133 cm³/mol. The van der Waals surface area contributed by atoms with Crippen LogP contribution in [0.25, 0.3) is 0 Å². The molecule has 0 saturated carbocycles. The second-order valence-corrected chi connectivity index (χ2v) is 11.3. The van der Waals surface area contributed by atoms with Gasteiger partial charge in [-0.15, -0.1) is 11.8 Å². The molecule has 1 unspecified atom stereocenters. The number of carbonyl (C=O) groups excluding carboxylic acids is 3. The number of fused-ring (bicyclic) bond motifs is 2. The van der Waals surface area contributed by atoms with Crippen LogP contribution in [-0.2, 0) is 25.7 Å². The summed E-state index contributed by atoms with van der Waals surface area (Å²) in [6.45, 7) is 2.68. The fraction of sp³-hybridized carbons (Fsp3) is 0.519. The summed E-state index contributed by atoms with van der Waals surface area (Å²) in [6, 6.07) is 8.43. The van der Waals surface area contributed by atoms with Gasteiger partial charge in [0, 0.05) is 18.3 Å². The number of aliphatic hydroxyl groups is 1. The predicted octanol–water partition coefficient (Wildman–Crippen LogP) is 2.55. The average molecular weight is 497 g/mol. The van der Waals surface area contributed by atoms with Crippen LogP contribution in [0.3, 0.4) is 0 Å². The smallest absolute Gasteiger partial charge is 0.311 e. The van der Waals surface area contributed by atoms with Gasteiger partial charge in [-0.05, 0) is 31.7 Å². The van der Waals surface area contributed by atoms with E-state index in [9.17, 15) is 19.5 Å². The van der Waals surface area contributed by atoms with Gasteiger partial charge in [0.2, 0.25) is 11.8 Å². The second-order valence-electron chi connectivity index (χ2n) is 9.82. The summed E-state index contributed by atoms with van der Waals surface area (Å²) in [4.78, 5) is 44.7. The Morgan fingerprint density at radius 2 is 1.94 bits per heavy atom. The van der Waals surface area contributed by atoms with Gasteiger partial charge in [0.15, 0.2) is 0 Å². The molecule has 2 fully saturated rings. The van der Waals surface area contributed by atoms with E-state index in [1.807, 2.05) is 48.6 Å². The van der Waals surface area contributed by atoms with E-state index in [0.29, 0.717) is 19.7 Å². The summed E-state index contributed by atoms with van der Waals surface area (Å²) < 4.78 is 4.73. The number of carbonyl (C=O) groups is 3. The first-order valence-electron chi connectivity index (χ1n) is 12.4. The minimum Gasteiger partial charge on any atom is -0.465 e. The number of thioether (sulfide) groups is 1. The number of rotatable bonds is 4. The number of hydrogen-bond acceptors (Lipinski definition) is 6. The molecular formula is C27H32N2O5S. The van der Waals surface area contributed by atoms with Crippen molar-refractivity contribution in [2.75, 3.05) is 19.8 Å². The van der Waals surface area contributed by atoms with Gasteiger partial charge in [0.25, 0.3) is 0 Å². The van der Waals surface area contributed by atoms with Gasteiger partial charge in [-0.2, -0.15) is 0 Å². The van der Waals surface area contributed by atoms with Gasteiger partial charge in [0.05, 0.1) is 35.8 Å². The van der Waals surface area contributed by atoms with Crippen molar-refractivity contribution in [1.29, 1.82) is 0 Å². The number of hydrogen-bond donors (Lipinski definition) is 1. The largest absolute Gasteiger partial charge is 0.465 e. The molecule has 0 aliphatic carbocycles. The Bertz CT molecular complexity index is 1040. The lowest BCUT2D eigenvalue weighted by Gasteiger charge is -2.37. The highest BCUT2D eigenvalue weighted by molar-refractivity contribution is 8.02. The van der Waals surface area contributed by atoms with Crippen molar-refractivity contribution in [3.8, 4) is 0 Å². The van der Waals surface area contributed by atoms with Crippen LogP contribution in [0.4, 0.5) is 0 Å². The number of likely N-dealkylation sites (tertiary alicyclic amines) is 1. The van der Waals surface area contributed by atoms with E-state index in [4.69, 9.17) is 4.74 Å². The third kappa shape index (κ3) is 4.10. The summed E-state index contributed by atoms with van der Waals surface area (Å²) in [5.41, 5.74) is 1.01. The Kier molecular flexibility index (Phi) is 6.77. The molecule has 7 nitrogen and oxygen atoms in total. The van der Waals surface area contributed by atoms with Crippen molar-refractivity contribution in [3.63, 3.8) is 0 Å². The van der Waals surface area contributed by atoms with Crippen molar-refractivity contribution in [2.24, 2.45) is 11.8 Å². The minimum atomic E-state index is -0.893. The average Bonchev–Trinajstić information content (AvgIpc) is 3.26. The molecule has 4 heterocycles. The number of benzene rings is 1. The van der Waals surface area contributed by atoms with E-state index < -0.39 is 28.7 Å². The van der Waals surface area contributed by atoms with Crippen LogP contribution in [0.5, 0.6) is 0 Å². The molecule has 1 aromatic rings. The molecule has 1 aromatic carbocycles. The fourth-order valence-corrected chi connectivity index (χ4v) is 7.90. The molecular weight excluding hydrogens is 464 g/mol. The lowest BCUT2D eigenvalue weighted by molar-refractivity contribution is -0.153. The lowest BCUT2D eigenvalue weighted by Crippen LogP contribution is -2.55. The molecule has 0 bridgehead atoms. The van der Waals surface area contributed by atoms with Gasteiger partial charge in [-0.1, -0.05) is 54.6 Å². The van der Waals surface area contributed by atoms with E-state index in [1.54, 1.807) is 16.7 Å². The normalized spacial score (nSPS) is 34.5. The highest BCUT2D eigenvalue weighted by atomic mass is 32.2. The summed E-state index contributed by atoms with van der Waals surface area (Å²) in [6.07, 6.45) is 10.7. The van der Waals surface area contributed by atoms with Crippen LogP contribution in [0, 0.1) is 11.8 Å². The van der Waals surface area contributed by atoms with Crippen molar-refractivity contribution < 1.29 is 24.2 Å². The fourth-order valence-electron chi connectivity index (χ4n) is 5.91. The number of cyclic esters (lactones) is 1. The van der Waals surface area contributed by atoms with Gasteiger partial charge >= 0.3 is 5.97 Å². The summed E-state index contributed by atoms with van der Waals surface area (Å²) in [5, 5.41) is 9.76. The lowest BCUT2D eigenvalue weighted by atomic mass is 9.78. The number of esters is 1. The van der Waals surface area contributed by atoms with Crippen LogP contribution < -0.4 is 0 Å². The molecule has 6 atom stereocenters. The van der Waals surface area contributed by atoms with Crippen molar-refractivity contribution in [1.82, 2.24) is 9.80 Å². The molecule has 2 amide bonds. The topological polar surface area (TPSA) is 87.2 Å². The maximum absolute atomic E-state index is 14.1. The van der Waals surface area contributed by atoms with E-state index in [-0.39, 0.29) is 29.6 Å². The maximum Gasteiger partial charge on any atom is 0.311 e. The zero-order valence-corrected chi connectivity index (χ0v) is 20.7. The highest BCUT2D eigenvalue weighted by Gasteiger charge is 2.71. The van der Waals surface area contributed by atoms with E-state index in [2.05, 4.69) is 6.08 Å². The van der Waals surface area contributed by atoms with Crippen LogP contribution in [-0.4, -0.2) is 74.5 Å². The first-order valence-corrected chi connectivity index (χ1v) is 13.3. The van der Waals surface area contributed by atoms with Crippen LogP contribution in [0.2, 0.25) is 0 Å². The van der Waals surface area contributed by atoms with Gasteiger partial charge in [-0.25, -0.2) is 0 Å². The second kappa shape index (κ2) is 9.82. The summed E-state index contributed by atoms with van der Waals surface area (Å²) in [7, 11) is 0. The molecule has 186 valence electrons. The molecule has 35 heavy (non-hydrogen) atoms. The molecule has 1 N–H and O–H groups in total. The Labute approximate surface area is 210 Å². The number of nitrogens with zero attached hydrogens (tertiary/aromatic N) is 2. The minimum absolute atomic E-state index is 0.149. The van der Waals surface area contributed by atoms with E-state index >= 15 is 0 Å². The summed E-state index contributed by atoms with van der Waals surface area (Å²) >= 11 is 1.53. The van der Waals surface area contributed by atoms with Gasteiger partial charge < -0.3 is 19.6 Å². The Morgan fingerprint density at radius 3 is 2.71 bits per heavy atom. The summed E-state index contributed by atoms with van der Waals surface area (Å²) in [5.74, 6) is -2.15. The van der Waals surface area contributed by atoms with Crippen molar-refractivity contribution >= 4 is 29.5 Å². The third-order valence-corrected chi connectivity index (χ3v) is 9.32. The van der Waals surface area contributed by atoms with Gasteiger partial charge in [-0.3, -0.25) is 14.4 Å². The molecule has 0 radical (unpaired) electrons. The first-order chi connectivity index (χ1) is 17.0. The maximum atomic E-state index is 14.1. The van der Waals surface area contributed by atoms with Crippen LogP contribution in [0.15, 0.2) is 54.6 Å². The number of ether oxygens (including phenoxy) is 1. The quantitative estimate of drug-likeness (QED) is 0.509. The molecule has 5 rings (SSSR count). The molecule has 4 aliphatic heterocycles. The van der Waals surface area contributed by atoms with E-state index in [0.717, 1.165) is 24.8 Å². The Balaban J connectivity index is 1.57. The zero-order valence-electron chi connectivity index (χ0n) is 19.9. The zero-order chi connectivity index (χ0) is 24.6. The standard InChI is InChI=1S/C27H32N2O5S/c1-18(17-30)29-23-25(32)28(16-19-10-5-4-6-11-19)14-9-13-27(23)22(24(29)31)21-20(35-27)12-7-2-3-8-15-34-26(21)33/h4-7,9-13,18,20-23,30H,2-3,8,14-17H2,1H3/b12-7-/t18-,20-,21+,22+,23?,27+/m1/s1. The van der Waals surface area contributed by atoms with E-state index in [1.165, 1.54) is 11.8 Å². The number of allylic oxidation sites excluding steroid dienone is 1. The van der Waals surface area contributed by atoms with Crippen LogP contribution >= 0.6 is 11.8 Å². The highest BCUT2D eigenvalue weighted by Crippen LogP contribution is 2.61. The Morgan fingerprint density at radius 1 is 1.14 bits per heavy atom. The number of aliphatic hydroxyl groups excluding tert-OH is 1. The SMILES string of the molecule is C[C@H](CO)N1C(=O)[C@@H]2[C@H]3C(=O)OCCCC/C=C\[C@H]3S[C@@]23C=CCN(Cc2ccccc2)C(=O)C13.